The van der Waals surface area contributed by atoms with Gasteiger partial charge in [0.15, 0.2) is 0 Å². The third-order valence-electron chi connectivity index (χ3n) is 2.67. The number of aliphatic hydroxyl groups excluding tert-OH is 2. The lowest BCUT2D eigenvalue weighted by Gasteiger charge is -2.00. The third kappa shape index (κ3) is 13.7. The molecule has 0 aromatic carbocycles. The van der Waals surface area contributed by atoms with Gasteiger partial charge in [0.2, 0.25) is 0 Å². The predicted molar refractivity (Wildman–Crippen MR) is 69.5 cm³/mol. The number of aliphatic hydroxyl groups is 2. The van der Waals surface area contributed by atoms with Crippen LogP contribution in [0.4, 0.5) is 0 Å². The summed E-state index contributed by atoms with van der Waals surface area (Å²) in [7, 11) is 0. The van der Waals surface area contributed by atoms with Crippen molar-refractivity contribution in [1.82, 2.24) is 0 Å². The van der Waals surface area contributed by atoms with Gasteiger partial charge in [0.25, 0.3) is 0 Å². The molecule has 0 aromatic rings. The van der Waals surface area contributed by atoms with Gasteiger partial charge in [0.1, 0.15) is 0 Å². The maximum absolute atomic E-state index is 9.03. The average molecular weight is 228 g/mol. The van der Waals surface area contributed by atoms with E-state index in [0.717, 1.165) is 19.3 Å². The number of allylic oxidation sites excluding steroid dienone is 1. The fourth-order valence-corrected chi connectivity index (χ4v) is 1.67. The van der Waals surface area contributed by atoms with E-state index in [1.165, 1.54) is 38.5 Å². The molecule has 0 radical (unpaired) electrons. The summed E-state index contributed by atoms with van der Waals surface area (Å²) in [4.78, 5) is 0. The maximum Gasteiger partial charge on any atom is 0.0546 e. The van der Waals surface area contributed by atoms with Gasteiger partial charge in [-0.3, -0.25) is 0 Å². The lowest BCUT2D eigenvalue weighted by molar-refractivity contribution is 0.198. The fourth-order valence-electron chi connectivity index (χ4n) is 1.67. The van der Waals surface area contributed by atoms with Crippen LogP contribution in [0.3, 0.4) is 0 Å². The zero-order valence-electron chi connectivity index (χ0n) is 10.7. The number of hydrogen-bond acceptors (Lipinski definition) is 2. The van der Waals surface area contributed by atoms with Gasteiger partial charge >= 0.3 is 0 Å². The molecule has 2 nitrogen and oxygen atoms in total. The first-order chi connectivity index (χ1) is 7.77. The molecule has 0 fully saturated rings. The van der Waals surface area contributed by atoms with Crippen LogP contribution < -0.4 is 0 Å². The van der Waals surface area contributed by atoms with E-state index in [2.05, 4.69) is 12.2 Å². The van der Waals surface area contributed by atoms with E-state index in [1.54, 1.807) is 0 Å². The molecule has 0 aliphatic rings. The van der Waals surface area contributed by atoms with Crippen molar-refractivity contribution >= 4 is 0 Å². The van der Waals surface area contributed by atoms with E-state index in [1.807, 2.05) is 6.92 Å². The first-order valence-corrected chi connectivity index (χ1v) is 6.71. The van der Waals surface area contributed by atoms with Gasteiger partial charge in [0.05, 0.1) is 6.10 Å². The van der Waals surface area contributed by atoms with Crippen molar-refractivity contribution in [1.29, 1.82) is 0 Å². The Morgan fingerprint density at radius 1 is 0.875 bits per heavy atom. The Labute approximate surface area is 100 Å². The second-order valence-electron chi connectivity index (χ2n) is 4.54. The molecule has 0 amide bonds. The SMILES string of the molecule is CC(O)C/C=C/CCCCCCCCCO. The average Bonchev–Trinajstić information content (AvgIpc) is 2.25. The second-order valence-corrected chi connectivity index (χ2v) is 4.54. The maximum atomic E-state index is 9.03. The number of hydrogen-bond donors (Lipinski definition) is 2. The number of rotatable bonds is 11. The summed E-state index contributed by atoms with van der Waals surface area (Å²) in [5.74, 6) is 0. The summed E-state index contributed by atoms with van der Waals surface area (Å²) in [5.41, 5.74) is 0. The molecule has 0 spiro atoms. The normalized spacial score (nSPS) is 13.4. The molecule has 0 aromatic heterocycles. The standard InChI is InChI=1S/C14H28O2/c1-14(16)12-10-8-6-4-2-3-5-7-9-11-13-15/h8,10,14-16H,2-7,9,11-13H2,1H3/b10-8+. The lowest BCUT2D eigenvalue weighted by atomic mass is 10.1. The van der Waals surface area contributed by atoms with Crippen LogP contribution in [-0.4, -0.2) is 22.9 Å². The van der Waals surface area contributed by atoms with Gasteiger partial charge in [-0.2, -0.15) is 0 Å². The van der Waals surface area contributed by atoms with E-state index < -0.39 is 0 Å². The largest absolute Gasteiger partial charge is 0.396 e. The van der Waals surface area contributed by atoms with Crippen LogP contribution in [0.5, 0.6) is 0 Å². The lowest BCUT2D eigenvalue weighted by Crippen LogP contribution is -1.95. The van der Waals surface area contributed by atoms with Gasteiger partial charge in [-0.05, 0) is 32.6 Å². The fraction of sp³-hybridized carbons (Fsp3) is 0.857. The second kappa shape index (κ2) is 12.7. The Kier molecular flexibility index (Phi) is 12.5. The molecule has 2 heteroatoms. The highest BCUT2D eigenvalue weighted by Gasteiger charge is 1.91. The van der Waals surface area contributed by atoms with Crippen molar-refractivity contribution in [3.05, 3.63) is 12.2 Å². The van der Waals surface area contributed by atoms with Gasteiger partial charge < -0.3 is 10.2 Å². The first-order valence-electron chi connectivity index (χ1n) is 6.71. The van der Waals surface area contributed by atoms with E-state index >= 15 is 0 Å². The van der Waals surface area contributed by atoms with E-state index in [0.29, 0.717) is 6.61 Å². The molecule has 1 atom stereocenters. The zero-order chi connectivity index (χ0) is 12.1. The Bertz CT molecular complexity index is 153. The highest BCUT2D eigenvalue weighted by molar-refractivity contribution is 4.82. The summed E-state index contributed by atoms with van der Waals surface area (Å²) in [5, 5.41) is 17.6. The van der Waals surface area contributed by atoms with Crippen LogP contribution in [0.25, 0.3) is 0 Å². The predicted octanol–water partition coefficient (Wildman–Crippen LogP) is 3.43. The van der Waals surface area contributed by atoms with Crippen molar-refractivity contribution < 1.29 is 10.2 Å². The van der Waals surface area contributed by atoms with Crippen molar-refractivity contribution in [3.63, 3.8) is 0 Å². The molecule has 0 saturated heterocycles. The Morgan fingerprint density at radius 2 is 1.44 bits per heavy atom. The molecular formula is C14H28O2. The summed E-state index contributed by atoms with van der Waals surface area (Å²) in [6.45, 7) is 2.16. The molecule has 0 heterocycles. The topological polar surface area (TPSA) is 40.5 Å². The Hall–Kier alpha value is -0.340. The van der Waals surface area contributed by atoms with Gasteiger partial charge in [-0.15, -0.1) is 0 Å². The smallest absolute Gasteiger partial charge is 0.0546 e. The van der Waals surface area contributed by atoms with E-state index in [9.17, 15) is 0 Å². The summed E-state index contributed by atoms with van der Waals surface area (Å²) < 4.78 is 0. The van der Waals surface area contributed by atoms with Gasteiger partial charge in [-0.1, -0.05) is 44.3 Å². The molecule has 1 unspecified atom stereocenters. The molecule has 16 heavy (non-hydrogen) atoms. The molecule has 0 rings (SSSR count). The quantitative estimate of drug-likeness (QED) is 0.420. The van der Waals surface area contributed by atoms with Crippen LogP contribution in [0.2, 0.25) is 0 Å². The third-order valence-corrected chi connectivity index (χ3v) is 2.67. The highest BCUT2D eigenvalue weighted by Crippen LogP contribution is 2.08. The van der Waals surface area contributed by atoms with Crippen LogP contribution >= 0.6 is 0 Å². The molecular weight excluding hydrogens is 200 g/mol. The van der Waals surface area contributed by atoms with E-state index in [-0.39, 0.29) is 6.10 Å². The Balaban J connectivity index is 3.01. The first kappa shape index (κ1) is 15.7. The minimum absolute atomic E-state index is 0.206. The van der Waals surface area contributed by atoms with Gasteiger partial charge in [0, 0.05) is 6.61 Å². The van der Waals surface area contributed by atoms with Crippen LogP contribution in [0.1, 0.15) is 64.7 Å². The summed E-state index contributed by atoms with van der Waals surface area (Å²) >= 11 is 0. The molecule has 96 valence electrons. The molecule has 0 aliphatic heterocycles. The highest BCUT2D eigenvalue weighted by atomic mass is 16.3. The van der Waals surface area contributed by atoms with Crippen molar-refractivity contribution in [2.75, 3.05) is 6.61 Å². The monoisotopic (exact) mass is 228 g/mol. The molecule has 2 N–H and O–H groups in total. The summed E-state index contributed by atoms with van der Waals surface area (Å²) in [6.07, 6.45) is 14.5. The molecule has 0 aliphatic carbocycles. The molecule has 0 bridgehead atoms. The van der Waals surface area contributed by atoms with Crippen LogP contribution in [-0.2, 0) is 0 Å². The Morgan fingerprint density at radius 3 is 2.00 bits per heavy atom. The van der Waals surface area contributed by atoms with Crippen LogP contribution in [0, 0.1) is 0 Å². The molecule has 0 saturated carbocycles. The summed E-state index contributed by atoms with van der Waals surface area (Å²) in [6, 6.07) is 0. The van der Waals surface area contributed by atoms with E-state index in [4.69, 9.17) is 10.2 Å². The van der Waals surface area contributed by atoms with Crippen LogP contribution in [0.15, 0.2) is 12.2 Å². The van der Waals surface area contributed by atoms with Crippen molar-refractivity contribution in [3.8, 4) is 0 Å². The van der Waals surface area contributed by atoms with Crippen molar-refractivity contribution in [2.24, 2.45) is 0 Å². The zero-order valence-corrected chi connectivity index (χ0v) is 10.7. The minimum Gasteiger partial charge on any atom is -0.396 e. The van der Waals surface area contributed by atoms with Crippen molar-refractivity contribution in [2.45, 2.75) is 70.8 Å². The minimum atomic E-state index is -0.206. The number of unbranched alkanes of at least 4 members (excludes halogenated alkanes) is 7. The van der Waals surface area contributed by atoms with Gasteiger partial charge in [-0.25, -0.2) is 0 Å².